The molecule has 0 aliphatic rings. The van der Waals surface area contributed by atoms with Crippen molar-refractivity contribution in [3.8, 4) is 12.3 Å². The van der Waals surface area contributed by atoms with Crippen molar-refractivity contribution in [2.45, 2.75) is 20.8 Å². The highest BCUT2D eigenvalue weighted by Gasteiger charge is 2.12. The van der Waals surface area contributed by atoms with Gasteiger partial charge in [0.2, 0.25) is 0 Å². The van der Waals surface area contributed by atoms with Gasteiger partial charge in [0.25, 0.3) is 0 Å². The SMILES string of the molecule is C#Cc1ccc(Nc2cc(F)ccc2C(=O)O)c(C)c1.CC. The van der Waals surface area contributed by atoms with Crippen molar-refractivity contribution in [2.24, 2.45) is 0 Å². The van der Waals surface area contributed by atoms with Crippen LogP contribution in [0.3, 0.4) is 0 Å². The van der Waals surface area contributed by atoms with Crippen LogP contribution < -0.4 is 5.32 Å². The predicted molar refractivity (Wildman–Crippen MR) is 87.1 cm³/mol. The molecule has 3 nitrogen and oxygen atoms in total. The molecule has 0 radical (unpaired) electrons. The molecule has 0 saturated heterocycles. The van der Waals surface area contributed by atoms with Crippen LogP contribution in [0.5, 0.6) is 0 Å². The van der Waals surface area contributed by atoms with Crippen LogP contribution in [0.15, 0.2) is 36.4 Å². The molecule has 0 aliphatic carbocycles. The van der Waals surface area contributed by atoms with Gasteiger partial charge >= 0.3 is 5.97 Å². The fraction of sp³-hybridized carbons (Fsp3) is 0.167. The number of aromatic carboxylic acids is 1. The summed E-state index contributed by atoms with van der Waals surface area (Å²) in [6, 6.07) is 8.75. The summed E-state index contributed by atoms with van der Waals surface area (Å²) in [5.74, 6) is 0.891. The molecule has 0 saturated carbocycles. The zero-order valence-electron chi connectivity index (χ0n) is 12.8. The number of hydrogen-bond acceptors (Lipinski definition) is 2. The average Bonchev–Trinajstić information content (AvgIpc) is 2.51. The summed E-state index contributed by atoms with van der Waals surface area (Å²) in [5.41, 5.74) is 2.46. The molecule has 2 aromatic carbocycles. The molecule has 0 bridgehead atoms. The van der Waals surface area contributed by atoms with Gasteiger partial charge in [0, 0.05) is 11.3 Å². The summed E-state index contributed by atoms with van der Waals surface area (Å²) in [6.07, 6.45) is 5.31. The molecule has 4 heteroatoms. The average molecular weight is 299 g/mol. The summed E-state index contributed by atoms with van der Waals surface area (Å²) >= 11 is 0. The molecule has 2 rings (SSSR count). The van der Waals surface area contributed by atoms with Crippen molar-refractivity contribution in [1.82, 2.24) is 0 Å². The Kier molecular flexibility index (Phi) is 6.15. The number of terminal acetylenes is 1. The minimum absolute atomic E-state index is 0.00632. The van der Waals surface area contributed by atoms with E-state index in [1.807, 2.05) is 20.8 Å². The van der Waals surface area contributed by atoms with Crippen LogP contribution >= 0.6 is 0 Å². The number of benzene rings is 2. The largest absolute Gasteiger partial charge is 0.478 e. The first-order valence-electron chi connectivity index (χ1n) is 6.88. The fourth-order valence-electron chi connectivity index (χ4n) is 1.85. The molecule has 0 unspecified atom stereocenters. The van der Waals surface area contributed by atoms with Gasteiger partial charge in [0.1, 0.15) is 5.82 Å². The third-order valence-corrected chi connectivity index (χ3v) is 2.87. The van der Waals surface area contributed by atoms with Gasteiger partial charge in [0.15, 0.2) is 0 Å². The van der Waals surface area contributed by atoms with E-state index < -0.39 is 11.8 Å². The minimum Gasteiger partial charge on any atom is -0.478 e. The van der Waals surface area contributed by atoms with Gasteiger partial charge in [0.05, 0.1) is 11.3 Å². The zero-order valence-corrected chi connectivity index (χ0v) is 12.8. The number of carboxylic acids is 1. The van der Waals surface area contributed by atoms with Gasteiger partial charge in [-0.3, -0.25) is 0 Å². The van der Waals surface area contributed by atoms with E-state index in [9.17, 15) is 9.18 Å². The van der Waals surface area contributed by atoms with Gasteiger partial charge in [-0.15, -0.1) is 6.42 Å². The number of anilines is 2. The first kappa shape index (κ1) is 17.3. The number of rotatable bonds is 3. The molecule has 2 N–H and O–H groups in total. The van der Waals surface area contributed by atoms with Crippen LogP contribution in [0.1, 0.15) is 35.3 Å². The molecule has 0 heterocycles. The number of nitrogens with one attached hydrogen (secondary N) is 1. The highest BCUT2D eigenvalue weighted by atomic mass is 19.1. The summed E-state index contributed by atoms with van der Waals surface area (Å²) in [4.78, 5) is 11.1. The van der Waals surface area contributed by atoms with E-state index in [0.29, 0.717) is 5.69 Å². The quantitative estimate of drug-likeness (QED) is 0.815. The first-order chi connectivity index (χ1) is 10.5. The van der Waals surface area contributed by atoms with E-state index in [2.05, 4.69) is 11.2 Å². The third-order valence-electron chi connectivity index (χ3n) is 2.87. The molecule has 0 spiro atoms. The molecule has 0 aromatic heterocycles. The topological polar surface area (TPSA) is 49.3 Å². The summed E-state index contributed by atoms with van der Waals surface area (Å²) in [6.45, 7) is 5.84. The molecule has 0 amide bonds. The summed E-state index contributed by atoms with van der Waals surface area (Å²) in [7, 11) is 0. The van der Waals surface area contributed by atoms with Crippen molar-refractivity contribution in [2.75, 3.05) is 5.32 Å². The number of hydrogen-bond donors (Lipinski definition) is 2. The molecule has 0 aliphatic heterocycles. The highest BCUT2D eigenvalue weighted by Crippen LogP contribution is 2.25. The minimum atomic E-state index is -1.12. The van der Waals surface area contributed by atoms with Gasteiger partial charge in [-0.05, 0) is 48.9 Å². The monoisotopic (exact) mass is 299 g/mol. The maximum atomic E-state index is 13.3. The number of carboxylic acid groups (broad SMARTS) is 1. The van der Waals surface area contributed by atoms with Crippen LogP contribution in [0.2, 0.25) is 0 Å². The lowest BCUT2D eigenvalue weighted by atomic mass is 10.1. The summed E-state index contributed by atoms with van der Waals surface area (Å²) in [5, 5.41) is 12.0. The Morgan fingerprint density at radius 3 is 2.41 bits per heavy atom. The van der Waals surface area contributed by atoms with Gasteiger partial charge in [-0.2, -0.15) is 0 Å². The Morgan fingerprint density at radius 2 is 1.86 bits per heavy atom. The number of halogens is 1. The second-order valence-corrected chi connectivity index (χ2v) is 4.29. The van der Waals surface area contributed by atoms with Crippen LogP contribution in [0.4, 0.5) is 15.8 Å². The van der Waals surface area contributed by atoms with E-state index in [4.69, 9.17) is 11.5 Å². The maximum Gasteiger partial charge on any atom is 0.337 e. The third kappa shape index (κ3) is 4.10. The molecular formula is C18H18FNO2. The lowest BCUT2D eigenvalue weighted by Crippen LogP contribution is -2.04. The van der Waals surface area contributed by atoms with Gasteiger partial charge < -0.3 is 10.4 Å². The van der Waals surface area contributed by atoms with Crippen LogP contribution in [0.25, 0.3) is 0 Å². The standard InChI is InChI=1S/C16H12FNO2.C2H6/c1-3-11-4-7-14(10(2)8-11)18-15-9-12(17)5-6-13(15)16(19)20;1-2/h1,4-9,18H,2H3,(H,19,20);1-2H3. The van der Waals surface area contributed by atoms with E-state index in [0.717, 1.165) is 23.3 Å². The highest BCUT2D eigenvalue weighted by molar-refractivity contribution is 5.95. The summed E-state index contributed by atoms with van der Waals surface area (Å²) < 4.78 is 13.3. The Labute approximate surface area is 129 Å². The van der Waals surface area contributed by atoms with E-state index in [-0.39, 0.29) is 11.3 Å². The van der Waals surface area contributed by atoms with Crippen LogP contribution in [-0.2, 0) is 0 Å². The molecule has 2 aromatic rings. The van der Waals surface area contributed by atoms with Crippen molar-refractivity contribution >= 4 is 17.3 Å². The molecule has 22 heavy (non-hydrogen) atoms. The smallest absolute Gasteiger partial charge is 0.337 e. The molecule has 0 fully saturated rings. The van der Waals surface area contributed by atoms with Crippen molar-refractivity contribution < 1.29 is 14.3 Å². The normalized spacial score (nSPS) is 9.23. The first-order valence-corrected chi connectivity index (χ1v) is 6.88. The number of aryl methyl sites for hydroxylation is 1. The molecular weight excluding hydrogens is 281 g/mol. The fourth-order valence-corrected chi connectivity index (χ4v) is 1.85. The van der Waals surface area contributed by atoms with Gasteiger partial charge in [-0.25, -0.2) is 9.18 Å². The Bertz CT molecular complexity index is 718. The second-order valence-electron chi connectivity index (χ2n) is 4.29. The van der Waals surface area contributed by atoms with Crippen molar-refractivity contribution in [3.63, 3.8) is 0 Å². The maximum absolute atomic E-state index is 13.3. The predicted octanol–water partition coefficient (Wildman–Crippen LogP) is 4.58. The molecule has 0 atom stereocenters. The van der Waals surface area contributed by atoms with Crippen LogP contribution in [0, 0.1) is 25.1 Å². The number of carbonyl (C=O) groups is 1. The van der Waals surface area contributed by atoms with E-state index in [1.165, 1.54) is 6.07 Å². The second kappa shape index (κ2) is 7.84. The Hall–Kier alpha value is -2.80. The Morgan fingerprint density at radius 1 is 1.18 bits per heavy atom. The van der Waals surface area contributed by atoms with Crippen molar-refractivity contribution in [3.05, 3.63) is 58.9 Å². The van der Waals surface area contributed by atoms with Gasteiger partial charge in [-0.1, -0.05) is 19.8 Å². The van der Waals surface area contributed by atoms with Crippen molar-refractivity contribution in [1.29, 1.82) is 0 Å². The van der Waals surface area contributed by atoms with E-state index in [1.54, 1.807) is 18.2 Å². The van der Waals surface area contributed by atoms with Crippen LogP contribution in [-0.4, -0.2) is 11.1 Å². The lowest BCUT2D eigenvalue weighted by Gasteiger charge is -2.12. The zero-order chi connectivity index (χ0) is 16.7. The van der Waals surface area contributed by atoms with E-state index >= 15 is 0 Å². The lowest BCUT2D eigenvalue weighted by molar-refractivity contribution is 0.0698. The Balaban J connectivity index is 0.00000116. The molecule has 114 valence electrons.